The Morgan fingerprint density at radius 3 is 2.20 bits per heavy atom. The topological polar surface area (TPSA) is 90.0 Å². The third kappa shape index (κ3) is 6.79. The van der Waals surface area contributed by atoms with Crippen LogP contribution < -0.4 is 9.62 Å². The normalized spacial score (nSPS) is 12.7. The maximum atomic E-state index is 13.2. The van der Waals surface area contributed by atoms with Crippen molar-refractivity contribution in [2.75, 3.05) is 31.1 Å². The lowest BCUT2D eigenvalue weighted by Crippen LogP contribution is -2.50. The van der Waals surface area contributed by atoms with Gasteiger partial charge in [-0.25, -0.2) is 4.39 Å². The zero-order chi connectivity index (χ0) is 22.1. The monoisotopic (exact) mass is 437 g/mol. The van der Waals surface area contributed by atoms with Gasteiger partial charge in [-0.1, -0.05) is 37.3 Å². The van der Waals surface area contributed by atoms with E-state index < -0.39 is 22.2 Å². The van der Waals surface area contributed by atoms with Crippen LogP contribution in [0.2, 0.25) is 0 Å². The molecule has 2 aromatic rings. The van der Waals surface area contributed by atoms with Crippen molar-refractivity contribution in [1.29, 1.82) is 0 Å². The number of anilines is 1. The molecule has 0 amide bonds. The maximum Gasteiger partial charge on any atom is 0.322 e. The molecule has 0 aliphatic rings. The standard InChI is InChI=1S/C21H28FN3O4S/c1-3-24(19-12-10-18(22)11-13-19)14-15-25(4-2)30(28,29)23-20(21(26)27)16-17-8-6-5-7-9-17/h5-13,20,23H,3-4,14-16H2,1-2H3,(H,26,27). The number of carbonyl (C=O) groups is 1. The Labute approximate surface area is 177 Å². The Kier molecular flexibility index (Phi) is 8.76. The lowest BCUT2D eigenvalue weighted by molar-refractivity contribution is -0.138. The Balaban J connectivity index is 2.06. The minimum atomic E-state index is -4.01. The van der Waals surface area contributed by atoms with Crippen LogP contribution in [0.1, 0.15) is 19.4 Å². The van der Waals surface area contributed by atoms with Crippen LogP contribution in [0.25, 0.3) is 0 Å². The first-order valence-electron chi connectivity index (χ1n) is 9.81. The molecule has 0 aromatic heterocycles. The molecule has 0 spiro atoms. The molecule has 0 radical (unpaired) electrons. The fraction of sp³-hybridized carbons (Fsp3) is 0.381. The molecule has 0 bridgehead atoms. The Morgan fingerprint density at radius 1 is 1.03 bits per heavy atom. The van der Waals surface area contributed by atoms with Crippen LogP contribution in [-0.4, -0.2) is 56.0 Å². The van der Waals surface area contributed by atoms with Crippen molar-refractivity contribution in [2.45, 2.75) is 26.3 Å². The molecule has 2 rings (SSSR count). The van der Waals surface area contributed by atoms with E-state index >= 15 is 0 Å². The predicted molar refractivity (Wildman–Crippen MR) is 115 cm³/mol. The van der Waals surface area contributed by atoms with Crippen LogP contribution in [0, 0.1) is 5.82 Å². The Morgan fingerprint density at radius 2 is 1.67 bits per heavy atom. The van der Waals surface area contributed by atoms with Gasteiger partial charge in [-0.2, -0.15) is 17.4 Å². The third-order valence-electron chi connectivity index (χ3n) is 4.76. The van der Waals surface area contributed by atoms with Crippen molar-refractivity contribution in [1.82, 2.24) is 9.03 Å². The molecule has 0 saturated heterocycles. The van der Waals surface area contributed by atoms with Crippen LogP contribution in [0.15, 0.2) is 54.6 Å². The number of hydrogen-bond acceptors (Lipinski definition) is 4. The minimum absolute atomic E-state index is 0.0453. The molecule has 0 fully saturated rings. The molecule has 164 valence electrons. The lowest BCUT2D eigenvalue weighted by atomic mass is 10.1. The van der Waals surface area contributed by atoms with Gasteiger partial charge >= 0.3 is 5.97 Å². The number of rotatable bonds is 12. The molecule has 2 N–H and O–H groups in total. The molecule has 0 aliphatic carbocycles. The summed E-state index contributed by atoms with van der Waals surface area (Å²) in [4.78, 5) is 13.6. The fourth-order valence-electron chi connectivity index (χ4n) is 3.09. The Hall–Kier alpha value is -2.49. The Bertz CT molecular complexity index is 908. The lowest BCUT2D eigenvalue weighted by Gasteiger charge is -2.28. The molecule has 30 heavy (non-hydrogen) atoms. The molecule has 1 unspecified atom stereocenters. The highest BCUT2D eigenvalue weighted by Gasteiger charge is 2.28. The van der Waals surface area contributed by atoms with E-state index in [1.54, 1.807) is 43.3 Å². The number of nitrogens with zero attached hydrogens (tertiary/aromatic N) is 2. The maximum absolute atomic E-state index is 13.2. The number of likely N-dealkylation sites (N-methyl/N-ethyl adjacent to an activating group) is 2. The number of aliphatic carboxylic acids is 1. The van der Waals surface area contributed by atoms with Gasteiger partial charge in [0.05, 0.1) is 0 Å². The summed E-state index contributed by atoms with van der Waals surface area (Å²) >= 11 is 0. The number of carboxylic acid groups (broad SMARTS) is 1. The largest absolute Gasteiger partial charge is 0.480 e. The number of benzene rings is 2. The quantitative estimate of drug-likeness (QED) is 0.533. The van der Waals surface area contributed by atoms with Crippen LogP contribution >= 0.6 is 0 Å². The van der Waals surface area contributed by atoms with Gasteiger partial charge in [-0.15, -0.1) is 0 Å². The summed E-state index contributed by atoms with van der Waals surface area (Å²) in [6.07, 6.45) is 0.0453. The molecule has 1 atom stereocenters. The van der Waals surface area contributed by atoms with Crippen molar-refractivity contribution in [3.05, 3.63) is 66.0 Å². The fourth-order valence-corrected chi connectivity index (χ4v) is 4.44. The first-order chi connectivity index (χ1) is 14.3. The first kappa shape index (κ1) is 23.8. The van der Waals surface area contributed by atoms with Crippen LogP contribution in [0.4, 0.5) is 10.1 Å². The molecule has 7 nitrogen and oxygen atoms in total. The van der Waals surface area contributed by atoms with Gasteiger partial charge in [-0.05, 0) is 43.2 Å². The summed E-state index contributed by atoms with van der Waals surface area (Å²) in [6.45, 7) is 4.96. The number of halogens is 1. The van der Waals surface area contributed by atoms with E-state index in [0.717, 1.165) is 11.3 Å². The average molecular weight is 438 g/mol. The highest BCUT2D eigenvalue weighted by Crippen LogP contribution is 2.15. The van der Waals surface area contributed by atoms with Gasteiger partial charge in [0.15, 0.2) is 0 Å². The summed E-state index contributed by atoms with van der Waals surface area (Å²) in [5.74, 6) is -1.57. The second kappa shape index (κ2) is 11.1. The molecule has 2 aromatic carbocycles. The molecular weight excluding hydrogens is 409 g/mol. The van der Waals surface area contributed by atoms with E-state index in [4.69, 9.17) is 0 Å². The highest BCUT2D eigenvalue weighted by atomic mass is 32.2. The van der Waals surface area contributed by atoms with E-state index in [2.05, 4.69) is 4.72 Å². The average Bonchev–Trinajstić information content (AvgIpc) is 2.72. The van der Waals surface area contributed by atoms with E-state index in [-0.39, 0.29) is 25.3 Å². The molecule has 0 saturated carbocycles. The molecular formula is C21H28FN3O4S. The van der Waals surface area contributed by atoms with Gasteiger partial charge in [0, 0.05) is 31.9 Å². The van der Waals surface area contributed by atoms with Gasteiger partial charge in [0.1, 0.15) is 11.9 Å². The summed E-state index contributed by atoms with van der Waals surface area (Å²) < 4.78 is 42.3. The zero-order valence-corrected chi connectivity index (χ0v) is 18.0. The highest BCUT2D eigenvalue weighted by molar-refractivity contribution is 7.87. The summed E-state index contributed by atoms with van der Waals surface area (Å²) in [5, 5.41) is 9.50. The number of carboxylic acids is 1. The van der Waals surface area contributed by atoms with Gasteiger partial charge in [-0.3, -0.25) is 4.79 Å². The van der Waals surface area contributed by atoms with Crippen molar-refractivity contribution in [2.24, 2.45) is 0 Å². The van der Waals surface area contributed by atoms with Crippen molar-refractivity contribution in [3.63, 3.8) is 0 Å². The van der Waals surface area contributed by atoms with Gasteiger partial charge in [0.2, 0.25) is 0 Å². The second-order valence-corrected chi connectivity index (χ2v) is 8.45. The summed E-state index contributed by atoms with van der Waals surface area (Å²) in [5.41, 5.74) is 1.51. The van der Waals surface area contributed by atoms with Crippen LogP contribution in [0.5, 0.6) is 0 Å². The van der Waals surface area contributed by atoms with E-state index in [0.29, 0.717) is 13.1 Å². The molecule has 9 heteroatoms. The molecule has 0 heterocycles. The minimum Gasteiger partial charge on any atom is -0.480 e. The summed E-state index contributed by atoms with van der Waals surface area (Å²) in [7, 11) is -4.01. The number of nitrogens with one attached hydrogen (secondary N) is 1. The SMILES string of the molecule is CCN(CCN(CC)S(=O)(=O)NC(Cc1ccccc1)C(=O)O)c1ccc(F)cc1. The second-order valence-electron chi connectivity index (χ2n) is 6.75. The van der Waals surface area contributed by atoms with Crippen molar-refractivity contribution < 1.29 is 22.7 Å². The van der Waals surface area contributed by atoms with E-state index in [1.165, 1.54) is 16.4 Å². The summed E-state index contributed by atoms with van der Waals surface area (Å²) in [6, 6.07) is 13.6. The smallest absolute Gasteiger partial charge is 0.322 e. The van der Waals surface area contributed by atoms with Crippen LogP contribution in [-0.2, 0) is 21.4 Å². The van der Waals surface area contributed by atoms with Gasteiger partial charge in [0.25, 0.3) is 10.2 Å². The zero-order valence-electron chi connectivity index (χ0n) is 17.2. The van der Waals surface area contributed by atoms with Gasteiger partial charge < -0.3 is 10.0 Å². The number of hydrogen-bond donors (Lipinski definition) is 2. The third-order valence-corrected chi connectivity index (χ3v) is 6.46. The van der Waals surface area contributed by atoms with Crippen molar-refractivity contribution >= 4 is 21.9 Å². The van der Waals surface area contributed by atoms with E-state index in [9.17, 15) is 22.7 Å². The van der Waals surface area contributed by atoms with Crippen molar-refractivity contribution in [3.8, 4) is 0 Å². The first-order valence-corrected chi connectivity index (χ1v) is 11.3. The van der Waals surface area contributed by atoms with E-state index in [1.807, 2.05) is 17.9 Å². The van der Waals surface area contributed by atoms with Crippen LogP contribution in [0.3, 0.4) is 0 Å². The molecule has 0 aliphatic heterocycles. The predicted octanol–water partition coefficient (Wildman–Crippen LogP) is 2.50.